The fourth-order valence-electron chi connectivity index (χ4n) is 2.57. The molecule has 4 heteroatoms. The van der Waals surface area contributed by atoms with E-state index in [2.05, 4.69) is 39.6 Å². The van der Waals surface area contributed by atoms with E-state index in [9.17, 15) is 5.21 Å². The molecule has 0 spiro atoms. The SMILES string of the molecule is CN1C(C)(C)CN([O-])C(CCO)C1(C)C. The largest absolute Gasteiger partial charge is 0.785 e. The first-order valence-corrected chi connectivity index (χ1v) is 5.52. The van der Waals surface area contributed by atoms with Gasteiger partial charge in [0.1, 0.15) is 0 Å². The van der Waals surface area contributed by atoms with Crippen LogP contribution in [0.3, 0.4) is 0 Å². The normalized spacial score (nSPS) is 31.8. The van der Waals surface area contributed by atoms with Crippen LogP contribution in [0, 0.1) is 5.21 Å². The maximum atomic E-state index is 11.9. The molecule has 1 atom stereocenters. The van der Waals surface area contributed by atoms with Crippen LogP contribution in [-0.2, 0) is 0 Å². The summed E-state index contributed by atoms with van der Waals surface area (Å²) in [6, 6.07) is -0.125. The first-order chi connectivity index (χ1) is 6.73. The van der Waals surface area contributed by atoms with Crippen LogP contribution in [0.5, 0.6) is 0 Å². The lowest BCUT2D eigenvalue weighted by Gasteiger charge is -2.62. The van der Waals surface area contributed by atoms with E-state index in [-0.39, 0.29) is 23.7 Å². The Bertz CT molecular complexity index is 229. The Kier molecular flexibility index (Phi) is 3.45. The van der Waals surface area contributed by atoms with Crippen LogP contribution in [-0.4, -0.2) is 52.4 Å². The van der Waals surface area contributed by atoms with Crippen LogP contribution >= 0.6 is 0 Å². The Morgan fingerprint density at radius 1 is 1.33 bits per heavy atom. The highest BCUT2D eigenvalue weighted by Gasteiger charge is 2.45. The Labute approximate surface area is 92.4 Å². The molecule has 15 heavy (non-hydrogen) atoms. The van der Waals surface area contributed by atoms with Gasteiger partial charge in [-0.3, -0.25) is 4.90 Å². The summed E-state index contributed by atoms with van der Waals surface area (Å²) in [4.78, 5) is 2.24. The second-order valence-corrected chi connectivity index (χ2v) is 5.63. The molecule has 0 bridgehead atoms. The summed E-state index contributed by atoms with van der Waals surface area (Å²) in [5, 5.41) is 22.1. The maximum Gasteiger partial charge on any atom is 0.0446 e. The zero-order valence-electron chi connectivity index (χ0n) is 10.4. The van der Waals surface area contributed by atoms with E-state index in [0.717, 1.165) is 5.06 Å². The third kappa shape index (κ3) is 2.18. The number of hydroxylamine groups is 2. The molecule has 1 rings (SSSR count). The van der Waals surface area contributed by atoms with Crippen LogP contribution in [0.1, 0.15) is 34.1 Å². The summed E-state index contributed by atoms with van der Waals surface area (Å²) in [5.41, 5.74) is -0.316. The second-order valence-electron chi connectivity index (χ2n) is 5.63. The summed E-state index contributed by atoms with van der Waals surface area (Å²) in [6.45, 7) is 8.86. The number of aliphatic hydroxyl groups excluding tert-OH is 1. The van der Waals surface area contributed by atoms with Crippen molar-refractivity contribution in [2.45, 2.75) is 51.2 Å². The average Bonchev–Trinajstić information content (AvgIpc) is 2.09. The van der Waals surface area contributed by atoms with Crippen molar-refractivity contribution in [1.82, 2.24) is 9.96 Å². The molecular weight excluding hydrogens is 192 g/mol. The molecule has 1 aliphatic heterocycles. The highest BCUT2D eigenvalue weighted by Crippen LogP contribution is 2.35. The van der Waals surface area contributed by atoms with E-state index in [1.54, 1.807) is 0 Å². The lowest BCUT2D eigenvalue weighted by Crippen LogP contribution is -2.70. The van der Waals surface area contributed by atoms with Gasteiger partial charge in [-0.05, 0) is 41.2 Å². The van der Waals surface area contributed by atoms with E-state index in [1.165, 1.54) is 0 Å². The van der Waals surface area contributed by atoms with E-state index in [4.69, 9.17) is 5.11 Å². The molecule has 1 aliphatic rings. The fourth-order valence-corrected chi connectivity index (χ4v) is 2.57. The van der Waals surface area contributed by atoms with Crippen molar-refractivity contribution in [3.8, 4) is 0 Å². The van der Waals surface area contributed by atoms with Crippen molar-refractivity contribution in [1.29, 1.82) is 0 Å². The predicted molar refractivity (Wildman–Crippen MR) is 61.5 cm³/mol. The molecule has 90 valence electrons. The lowest BCUT2D eigenvalue weighted by atomic mass is 9.82. The van der Waals surface area contributed by atoms with Crippen LogP contribution < -0.4 is 0 Å². The summed E-state index contributed by atoms with van der Waals surface area (Å²) in [6.07, 6.45) is 0.539. The van der Waals surface area contributed by atoms with E-state index in [1.807, 2.05) is 0 Å². The molecule has 1 heterocycles. The number of aliphatic hydroxyl groups is 1. The lowest BCUT2D eigenvalue weighted by molar-refractivity contribution is -0.0792. The molecule has 4 nitrogen and oxygen atoms in total. The van der Waals surface area contributed by atoms with Crippen LogP contribution in [0.25, 0.3) is 0 Å². The number of piperazine rings is 1. The van der Waals surface area contributed by atoms with E-state index < -0.39 is 0 Å². The quantitative estimate of drug-likeness (QED) is 0.747. The molecule has 0 aromatic heterocycles. The summed E-state index contributed by atoms with van der Waals surface area (Å²) >= 11 is 0. The van der Waals surface area contributed by atoms with Crippen LogP contribution in [0.2, 0.25) is 0 Å². The van der Waals surface area contributed by atoms with Crippen molar-refractivity contribution in [3.63, 3.8) is 0 Å². The van der Waals surface area contributed by atoms with Gasteiger partial charge in [0.15, 0.2) is 0 Å². The number of hydrogen-bond acceptors (Lipinski definition) is 4. The molecule has 0 aromatic rings. The molecular formula is C11H23N2O2-. The average molecular weight is 215 g/mol. The molecule has 0 saturated carbocycles. The van der Waals surface area contributed by atoms with Crippen molar-refractivity contribution >= 4 is 0 Å². The van der Waals surface area contributed by atoms with Crippen molar-refractivity contribution < 1.29 is 5.11 Å². The fraction of sp³-hybridized carbons (Fsp3) is 1.00. The van der Waals surface area contributed by atoms with Gasteiger partial charge in [-0.2, -0.15) is 0 Å². The smallest absolute Gasteiger partial charge is 0.0446 e. The number of hydrogen-bond donors (Lipinski definition) is 1. The summed E-state index contributed by atoms with van der Waals surface area (Å²) in [5.74, 6) is 0. The molecule has 0 aliphatic carbocycles. The third-order valence-electron chi connectivity index (χ3n) is 3.88. The Hall–Kier alpha value is -0.160. The minimum absolute atomic E-state index is 0.0705. The van der Waals surface area contributed by atoms with Gasteiger partial charge >= 0.3 is 0 Å². The molecule has 1 saturated heterocycles. The van der Waals surface area contributed by atoms with Gasteiger partial charge in [-0.1, -0.05) is 0 Å². The zero-order chi connectivity index (χ0) is 11.9. The van der Waals surface area contributed by atoms with Gasteiger partial charge in [-0.15, -0.1) is 0 Å². The van der Waals surface area contributed by atoms with Gasteiger partial charge in [-0.25, -0.2) is 0 Å². The minimum atomic E-state index is -0.202. The Morgan fingerprint density at radius 2 is 1.87 bits per heavy atom. The first kappa shape index (κ1) is 12.9. The maximum absolute atomic E-state index is 11.9. The monoisotopic (exact) mass is 215 g/mol. The van der Waals surface area contributed by atoms with Gasteiger partial charge in [0.05, 0.1) is 0 Å². The topological polar surface area (TPSA) is 49.8 Å². The summed E-state index contributed by atoms with van der Waals surface area (Å²) < 4.78 is 0. The van der Waals surface area contributed by atoms with Crippen molar-refractivity contribution in [2.24, 2.45) is 0 Å². The third-order valence-corrected chi connectivity index (χ3v) is 3.88. The zero-order valence-corrected chi connectivity index (χ0v) is 10.4. The standard InChI is InChI=1S/C11H23N2O2/c1-10(2)8-13(15)9(6-7-14)11(3,4)12(10)5/h9,14H,6-8H2,1-5H3/q-1. The van der Waals surface area contributed by atoms with Gasteiger partial charge < -0.3 is 15.4 Å². The highest BCUT2D eigenvalue weighted by atomic mass is 16.5. The molecule has 1 N–H and O–H groups in total. The number of rotatable bonds is 2. The highest BCUT2D eigenvalue weighted by molar-refractivity contribution is 5.05. The van der Waals surface area contributed by atoms with Crippen molar-refractivity contribution in [2.75, 3.05) is 20.2 Å². The predicted octanol–water partition coefficient (Wildman–Crippen LogP) is 1.04. The van der Waals surface area contributed by atoms with Crippen LogP contribution in [0.15, 0.2) is 0 Å². The Morgan fingerprint density at radius 3 is 2.33 bits per heavy atom. The number of nitrogens with zero attached hydrogens (tertiary/aromatic N) is 2. The van der Waals surface area contributed by atoms with Gasteiger partial charge in [0, 0.05) is 30.3 Å². The summed E-state index contributed by atoms with van der Waals surface area (Å²) in [7, 11) is 2.05. The molecule has 1 fully saturated rings. The Balaban J connectivity index is 2.93. The first-order valence-electron chi connectivity index (χ1n) is 5.52. The second kappa shape index (κ2) is 4.01. The van der Waals surface area contributed by atoms with Gasteiger partial charge in [0.25, 0.3) is 0 Å². The molecule has 1 unspecified atom stereocenters. The number of likely N-dealkylation sites (N-methyl/N-ethyl adjacent to an activating group) is 1. The van der Waals surface area contributed by atoms with Crippen LogP contribution in [0.4, 0.5) is 0 Å². The van der Waals surface area contributed by atoms with E-state index >= 15 is 0 Å². The van der Waals surface area contributed by atoms with Gasteiger partial charge in [0.2, 0.25) is 0 Å². The molecule has 0 amide bonds. The molecule has 0 aromatic carbocycles. The van der Waals surface area contributed by atoms with E-state index in [0.29, 0.717) is 13.0 Å². The molecule has 0 radical (unpaired) electrons. The minimum Gasteiger partial charge on any atom is -0.785 e. The van der Waals surface area contributed by atoms with Crippen molar-refractivity contribution in [3.05, 3.63) is 5.21 Å².